The zero-order valence-electron chi connectivity index (χ0n) is 19.9. The Labute approximate surface area is 184 Å². The first-order chi connectivity index (χ1) is 14.5. The van der Waals surface area contributed by atoms with Crippen molar-refractivity contribution in [2.45, 2.75) is 104 Å². The van der Waals surface area contributed by atoms with Gasteiger partial charge in [0.2, 0.25) is 0 Å². The molecule has 0 radical (unpaired) electrons. The topological polar surface area (TPSA) is 4.44 Å². The molecule has 30 heavy (non-hydrogen) atoms. The van der Waals surface area contributed by atoms with Crippen LogP contribution in [0.1, 0.15) is 79.1 Å². The summed E-state index contributed by atoms with van der Waals surface area (Å²) in [7, 11) is 0. The molecule has 1 aliphatic heterocycles. The van der Waals surface area contributed by atoms with Crippen LogP contribution in [0.3, 0.4) is 0 Å². The van der Waals surface area contributed by atoms with E-state index in [1.807, 2.05) is 0 Å². The van der Waals surface area contributed by atoms with Crippen molar-refractivity contribution in [3.63, 3.8) is 0 Å². The Morgan fingerprint density at radius 1 is 0.700 bits per heavy atom. The monoisotopic (exact) mass is 419 g/mol. The lowest BCUT2D eigenvalue weighted by Gasteiger charge is -2.40. The van der Waals surface area contributed by atoms with E-state index in [-0.39, 0.29) is 6.15 Å². The van der Waals surface area contributed by atoms with Crippen LogP contribution < -0.4 is 4.90 Å². The van der Waals surface area contributed by atoms with Gasteiger partial charge in [0.05, 0.1) is 0 Å². The second-order valence-corrected chi connectivity index (χ2v) is 9.10. The van der Waals surface area contributed by atoms with E-state index in [2.05, 4.69) is 27.7 Å². The van der Waals surface area contributed by atoms with Gasteiger partial charge in [0.15, 0.2) is 11.5 Å². The maximum Gasteiger partial charge on any atom is 0.184 e. The molecule has 0 aromatic heterocycles. The summed E-state index contributed by atoms with van der Waals surface area (Å²) in [4.78, 5) is 0.706. The van der Waals surface area contributed by atoms with Crippen LogP contribution in [-0.4, -0.2) is 6.15 Å². The van der Waals surface area contributed by atoms with E-state index in [9.17, 15) is 8.78 Å². The normalized spacial score (nSPS) is 13.5. The lowest BCUT2D eigenvalue weighted by Crippen LogP contribution is -2.96. The minimum Gasteiger partial charge on any atom is -0.248 e. The van der Waals surface area contributed by atoms with Gasteiger partial charge in [-0.2, -0.15) is 25.3 Å². The van der Waals surface area contributed by atoms with Crippen LogP contribution in [0, 0.1) is 11.6 Å². The average molecular weight is 419 g/mol. The van der Waals surface area contributed by atoms with E-state index < -0.39 is 11.6 Å². The standard InChI is InChI=1S/C16H36B.C10H7F2N/c1-5-9-13-17(14-10-6-2,15-11-7-3)16-12-8-4;11-8-3-4-9(12)10(7-8)13-5-1-2-6-13/h5-16H2,1-4H3;1-7H/q-1;/p+1. The number of allylic oxidation sites excluding steroid dienone is 2. The zero-order chi connectivity index (χ0) is 22.2. The van der Waals surface area contributed by atoms with Crippen molar-refractivity contribution in [1.82, 2.24) is 0 Å². The third-order valence-electron chi connectivity index (χ3n) is 6.58. The molecule has 0 fully saturated rings. The summed E-state index contributed by atoms with van der Waals surface area (Å²) >= 11 is 0. The Balaban J connectivity index is 0.000000308. The fourth-order valence-electron chi connectivity index (χ4n) is 4.69. The number of hydrogen-bond acceptors (Lipinski definition) is 0. The first-order valence-corrected chi connectivity index (χ1v) is 12.4. The molecule has 0 saturated heterocycles. The maximum atomic E-state index is 13.2. The summed E-state index contributed by atoms with van der Waals surface area (Å²) in [5.74, 6) is -0.815. The van der Waals surface area contributed by atoms with Crippen molar-refractivity contribution in [1.29, 1.82) is 0 Å². The van der Waals surface area contributed by atoms with Crippen molar-refractivity contribution >= 4 is 11.8 Å². The molecule has 1 aliphatic rings. The van der Waals surface area contributed by atoms with Gasteiger partial charge >= 0.3 is 0 Å². The highest BCUT2D eigenvalue weighted by molar-refractivity contribution is 6.79. The third-order valence-corrected chi connectivity index (χ3v) is 6.58. The number of benzene rings is 1. The molecule has 4 heteroatoms. The van der Waals surface area contributed by atoms with E-state index in [0.29, 0.717) is 10.6 Å². The van der Waals surface area contributed by atoms with Crippen molar-refractivity contribution < 1.29 is 13.7 Å². The van der Waals surface area contributed by atoms with Crippen LogP contribution >= 0.6 is 0 Å². The highest BCUT2D eigenvalue weighted by Gasteiger charge is 2.22. The molecular weight excluding hydrogens is 375 g/mol. The highest BCUT2D eigenvalue weighted by atomic mass is 19.1. The van der Waals surface area contributed by atoms with Gasteiger partial charge in [0, 0.05) is 12.2 Å². The van der Waals surface area contributed by atoms with Crippen LogP contribution in [0.15, 0.2) is 42.8 Å². The van der Waals surface area contributed by atoms with Gasteiger partial charge in [-0.1, -0.05) is 79.1 Å². The number of nitrogens with one attached hydrogen (secondary N) is 1. The molecule has 170 valence electrons. The Hall–Kier alpha value is -1.42. The van der Waals surface area contributed by atoms with E-state index in [1.54, 1.807) is 49.8 Å². The van der Waals surface area contributed by atoms with Crippen LogP contribution in [-0.2, 0) is 0 Å². The van der Waals surface area contributed by atoms with Gasteiger partial charge in [-0.3, -0.25) is 0 Å². The predicted molar refractivity (Wildman–Crippen MR) is 130 cm³/mol. The predicted octanol–water partition coefficient (Wildman–Crippen LogP) is 8.16. The minimum absolute atomic E-state index is 0.00722. The molecule has 0 unspecified atom stereocenters. The molecule has 0 spiro atoms. The summed E-state index contributed by atoms with van der Waals surface area (Å²) in [6.07, 6.45) is 24.7. The molecule has 0 aliphatic carbocycles. The summed E-state index contributed by atoms with van der Waals surface area (Å²) < 4.78 is 25.9. The van der Waals surface area contributed by atoms with Crippen LogP contribution in [0.2, 0.25) is 25.3 Å². The van der Waals surface area contributed by atoms with Gasteiger partial charge < -0.3 is 0 Å². The number of unbranched alkanes of at least 4 members (excludes halogenated alkanes) is 4. The lowest BCUT2D eigenvalue weighted by atomic mass is 9.17. The Kier molecular flexibility index (Phi) is 13.7. The van der Waals surface area contributed by atoms with E-state index in [0.717, 1.165) is 12.1 Å². The van der Waals surface area contributed by atoms with Crippen molar-refractivity contribution in [3.8, 4) is 0 Å². The quantitative estimate of drug-likeness (QED) is 0.308. The first kappa shape index (κ1) is 26.6. The molecule has 1 heterocycles. The summed E-state index contributed by atoms with van der Waals surface area (Å²) in [6, 6.07) is 3.45. The lowest BCUT2D eigenvalue weighted by molar-refractivity contribution is -0.711. The third kappa shape index (κ3) is 9.60. The van der Waals surface area contributed by atoms with Crippen LogP contribution in [0.25, 0.3) is 0 Å². The first-order valence-electron chi connectivity index (χ1n) is 12.4. The van der Waals surface area contributed by atoms with Gasteiger partial charge in [-0.15, -0.1) is 0 Å². The average Bonchev–Trinajstić information content (AvgIpc) is 3.29. The molecule has 0 bridgehead atoms. The van der Waals surface area contributed by atoms with E-state index in [1.165, 1.54) is 57.4 Å². The summed E-state index contributed by atoms with van der Waals surface area (Å²) in [5, 5.41) is 0. The SMILES string of the molecule is CCCC[B-](CCCC)(CCCC)CCCC.Fc1ccc(F)c([NH+]2C=CC=C2)c1. The smallest absolute Gasteiger partial charge is 0.184 e. The van der Waals surface area contributed by atoms with Crippen molar-refractivity contribution in [2.24, 2.45) is 0 Å². The summed E-state index contributed by atoms with van der Waals surface area (Å²) in [5.41, 5.74) is 0.310. The van der Waals surface area contributed by atoms with Gasteiger partial charge in [0.25, 0.3) is 0 Å². The maximum absolute atomic E-state index is 13.2. The largest absolute Gasteiger partial charge is 0.248 e. The second kappa shape index (κ2) is 15.4. The molecule has 0 atom stereocenters. The fraction of sp³-hybridized carbons (Fsp3) is 0.615. The number of hydrogen-bond donors (Lipinski definition) is 1. The number of halogens is 2. The van der Waals surface area contributed by atoms with E-state index in [4.69, 9.17) is 0 Å². The fourth-order valence-corrected chi connectivity index (χ4v) is 4.69. The molecule has 1 N–H and O–H groups in total. The van der Waals surface area contributed by atoms with Gasteiger partial charge in [-0.25, -0.2) is 13.7 Å². The molecule has 1 aromatic carbocycles. The second-order valence-electron chi connectivity index (χ2n) is 9.10. The summed E-state index contributed by atoms with van der Waals surface area (Å²) in [6.45, 7) is 9.39. The molecule has 0 saturated carbocycles. The Morgan fingerprint density at radius 3 is 1.53 bits per heavy atom. The molecule has 0 amide bonds. The minimum atomic E-state index is -0.419. The van der Waals surface area contributed by atoms with Crippen molar-refractivity contribution in [3.05, 3.63) is 54.4 Å². The Morgan fingerprint density at radius 2 is 1.13 bits per heavy atom. The number of rotatable bonds is 13. The van der Waals surface area contributed by atoms with Crippen LogP contribution in [0.5, 0.6) is 0 Å². The molecule has 2 rings (SSSR count). The zero-order valence-corrected chi connectivity index (χ0v) is 19.9. The molecular formula is C26H44BF2N. The number of quaternary nitrogens is 1. The van der Waals surface area contributed by atoms with Gasteiger partial charge in [0.1, 0.15) is 18.2 Å². The van der Waals surface area contributed by atoms with Crippen molar-refractivity contribution in [2.75, 3.05) is 0 Å². The highest BCUT2D eigenvalue weighted by Crippen LogP contribution is 2.33. The molecule has 1 nitrogen and oxygen atoms in total. The molecule has 1 aromatic rings. The van der Waals surface area contributed by atoms with Gasteiger partial charge in [-0.05, 0) is 24.3 Å². The Bertz CT molecular complexity index is 592. The van der Waals surface area contributed by atoms with E-state index >= 15 is 0 Å². The van der Waals surface area contributed by atoms with Crippen LogP contribution in [0.4, 0.5) is 14.5 Å².